The van der Waals surface area contributed by atoms with E-state index in [1.165, 1.54) is 11.6 Å². The lowest BCUT2D eigenvalue weighted by atomic mass is 10.2. The number of benzene rings is 1. The maximum absolute atomic E-state index is 10.4. The maximum Gasteiger partial charge on any atom is 0.328 e. The molecule has 1 rings (SSSR count). The zero-order valence-electron chi connectivity index (χ0n) is 8.77. The predicted molar refractivity (Wildman–Crippen MR) is 71.3 cm³/mol. The van der Waals surface area contributed by atoms with Crippen LogP contribution in [-0.4, -0.2) is 17.7 Å². The van der Waals surface area contributed by atoms with Crippen molar-refractivity contribution >= 4 is 39.6 Å². The molecule has 0 saturated heterocycles. The van der Waals surface area contributed by atoms with Crippen LogP contribution in [0.5, 0.6) is 5.75 Å². The Morgan fingerprint density at radius 3 is 2.94 bits per heavy atom. The molecule has 90 valence electrons. The quantitative estimate of drug-likeness (QED) is 0.843. The van der Waals surface area contributed by atoms with E-state index in [0.29, 0.717) is 12.4 Å². The van der Waals surface area contributed by atoms with E-state index < -0.39 is 5.97 Å². The summed E-state index contributed by atoms with van der Waals surface area (Å²) in [6, 6.07) is 5.32. The van der Waals surface area contributed by atoms with Crippen molar-refractivity contribution in [1.29, 1.82) is 0 Å². The van der Waals surface area contributed by atoms with Crippen molar-refractivity contribution in [3.63, 3.8) is 0 Å². The van der Waals surface area contributed by atoms with Crippen LogP contribution in [0.2, 0.25) is 0 Å². The summed E-state index contributed by atoms with van der Waals surface area (Å²) >= 11 is 8.69. The SMILES string of the molecule is O=C(O)/C=C/c1cc(OC/C=C/Cl)ccc1Br. The van der Waals surface area contributed by atoms with Gasteiger partial charge in [0.1, 0.15) is 12.4 Å². The first-order valence-corrected chi connectivity index (χ1v) is 5.95. The molecule has 0 bridgehead atoms. The lowest BCUT2D eigenvalue weighted by Crippen LogP contribution is -1.93. The highest BCUT2D eigenvalue weighted by Crippen LogP contribution is 2.23. The Hall–Kier alpha value is -1.26. The van der Waals surface area contributed by atoms with Gasteiger partial charge >= 0.3 is 5.97 Å². The normalized spacial score (nSPS) is 11.2. The summed E-state index contributed by atoms with van der Waals surface area (Å²) < 4.78 is 6.18. The zero-order valence-corrected chi connectivity index (χ0v) is 11.1. The Morgan fingerprint density at radius 2 is 2.29 bits per heavy atom. The molecule has 0 aliphatic carbocycles. The van der Waals surface area contributed by atoms with E-state index in [-0.39, 0.29) is 0 Å². The highest BCUT2D eigenvalue weighted by molar-refractivity contribution is 9.10. The number of carboxylic acids is 1. The van der Waals surface area contributed by atoms with E-state index in [1.54, 1.807) is 24.3 Å². The van der Waals surface area contributed by atoms with Crippen LogP contribution in [0.1, 0.15) is 5.56 Å². The molecule has 0 heterocycles. The third-order valence-electron chi connectivity index (χ3n) is 1.81. The number of aliphatic carboxylic acids is 1. The van der Waals surface area contributed by atoms with Gasteiger partial charge in [-0.25, -0.2) is 4.79 Å². The van der Waals surface area contributed by atoms with Gasteiger partial charge in [0.2, 0.25) is 0 Å². The number of hydrogen-bond donors (Lipinski definition) is 1. The van der Waals surface area contributed by atoms with Crippen molar-refractivity contribution in [3.8, 4) is 5.75 Å². The standard InChI is InChI=1S/C12H10BrClO3/c13-11-4-3-10(17-7-1-6-14)8-9(11)2-5-12(15)16/h1-6,8H,7H2,(H,15,16)/b5-2+,6-1+. The summed E-state index contributed by atoms with van der Waals surface area (Å²) in [5.41, 5.74) is 2.11. The number of ether oxygens (including phenoxy) is 1. The first-order valence-electron chi connectivity index (χ1n) is 4.72. The fraction of sp³-hybridized carbons (Fsp3) is 0.0833. The molecule has 1 aromatic carbocycles. The number of rotatable bonds is 5. The van der Waals surface area contributed by atoms with Gasteiger partial charge in [0.15, 0.2) is 0 Å². The third-order valence-corrected chi connectivity index (χ3v) is 2.71. The number of halogens is 2. The van der Waals surface area contributed by atoms with E-state index in [2.05, 4.69) is 15.9 Å². The molecule has 1 aromatic rings. The van der Waals surface area contributed by atoms with Gasteiger partial charge < -0.3 is 9.84 Å². The van der Waals surface area contributed by atoms with Gasteiger partial charge in [-0.3, -0.25) is 0 Å². The van der Waals surface area contributed by atoms with Crippen LogP contribution < -0.4 is 4.74 Å². The maximum atomic E-state index is 10.4. The minimum absolute atomic E-state index is 0.368. The summed E-state index contributed by atoms with van der Waals surface area (Å²) in [6.07, 6.45) is 4.23. The fourth-order valence-electron chi connectivity index (χ4n) is 1.08. The number of hydrogen-bond acceptors (Lipinski definition) is 2. The summed E-state index contributed by atoms with van der Waals surface area (Å²) in [5, 5.41) is 8.55. The average Bonchev–Trinajstić information content (AvgIpc) is 2.29. The van der Waals surface area contributed by atoms with Crippen molar-refractivity contribution in [1.82, 2.24) is 0 Å². The van der Waals surface area contributed by atoms with Crippen molar-refractivity contribution in [2.75, 3.05) is 6.61 Å². The van der Waals surface area contributed by atoms with Crippen LogP contribution in [0.25, 0.3) is 6.08 Å². The molecule has 0 atom stereocenters. The molecular formula is C12H10BrClO3. The molecule has 0 aromatic heterocycles. The lowest BCUT2D eigenvalue weighted by molar-refractivity contribution is -0.131. The van der Waals surface area contributed by atoms with Crippen LogP contribution in [0, 0.1) is 0 Å². The van der Waals surface area contributed by atoms with Crippen molar-refractivity contribution in [2.24, 2.45) is 0 Å². The molecule has 0 fully saturated rings. The van der Waals surface area contributed by atoms with E-state index in [0.717, 1.165) is 16.1 Å². The Balaban J connectivity index is 2.82. The van der Waals surface area contributed by atoms with Gasteiger partial charge in [0, 0.05) is 16.1 Å². The largest absolute Gasteiger partial charge is 0.489 e. The minimum atomic E-state index is -0.992. The highest BCUT2D eigenvalue weighted by Gasteiger charge is 2.00. The monoisotopic (exact) mass is 316 g/mol. The Morgan fingerprint density at radius 1 is 1.53 bits per heavy atom. The second kappa shape index (κ2) is 7.14. The molecule has 0 aliphatic rings. The van der Waals surface area contributed by atoms with Crippen molar-refractivity contribution in [3.05, 3.63) is 45.9 Å². The molecule has 0 aliphatic heterocycles. The Labute approximate surface area is 112 Å². The van der Waals surface area contributed by atoms with Crippen LogP contribution in [0.3, 0.4) is 0 Å². The van der Waals surface area contributed by atoms with Gasteiger partial charge in [-0.15, -0.1) is 0 Å². The molecule has 0 unspecified atom stereocenters. The molecule has 0 spiro atoms. The predicted octanol–water partition coefficient (Wildman–Crippen LogP) is 3.68. The van der Waals surface area contributed by atoms with Crippen molar-refractivity contribution in [2.45, 2.75) is 0 Å². The lowest BCUT2D eigenvalue weighted by Gasteiger charge is -2.05. The Kier molecular flexibility index (Phi) is 5.80. The second-order valence-electron chi connectivity index (χ2n) is 3.03. The van der Waals surface area contributed by atoms with Crippen LogP contribution in [-0.2, 0) is 4.79 Å². The Bertz CT molecular complexity index is 455. The zero-order chi connectivity index (χ0) is 12.7. The van der Waals surface area contributed by atoms with Crippen LogP contribution in [0.15, 0.2) is 40.4 Å². The summed E-state index contributed by atoms with van der Waals surface area (Å²) in [4.78, 5) is 10.4. The first kappa shape index (κ1) is 13.8. The third kappa shape index (κ3) is 5.06. The average molecular weight is 318 g/mol. The summed E-state index contributed by atoms with van der Waals surface area (Å²) in [7, 11) is 0. The van der Waals surface area contributed by atoms with Gasteiger partial charge in [0.25, 0.3) is 0 Å². The topological polar surface area (TPSA) is 46.5 Å². The van der Waals surface area contributed by atoms with Crippen molar-refractivity contribution < 1.29 is 14.6 Å². The second-order valence-corrected chi connectivity index (χ2v) is 4.13. The minimum Gasteiger partial charge on any atom is -0.489 e. The van der Waals surface area contributed by atoms with E-state index >= 15 is 0 Å². The molecule has 0 radical (unpaired) electrons. The first-order chi connectivity index (χ1) is 8.13. The van der Waals surface area contributed by atoms with Crippen LogP contribution >= 0.6 is 27.5 Å². The molecule has 3 nitrogen and oxygen atoms in total. The molecule has 17 heavy (non-hydrogen) atoms. The van der Waals surface area contributed by atoms with E-state index in [9.17, 15) is 4.79 Å². The highest BCUT2D eigenvalue weighted by atomic mass is 79.9. The summed E-state index contributed by atoms with van der Waals surface area (Å²) in [5.74, 6) is -0.346. The molecular weight excluding hydrogens is 307 g/mol. The molecule has 1 N–H and O–H groups in total. The smallest absolute Gasteiger partial charge is 0.328 e. The van der Waals surface area contributed by atoms with Gasteiger partial charge in [0.05, 0.1) is 0 Å². The number of carbonyl (C=O) groups is 1. The van der Waals surface area contributed by atoms with E-state index in [4.69, 9.17) is 21.4 Å². The van der Waals surface area contributed by atoms with Crippen LogP contribution in [0.4, 0.5) is 0 Å². The fourth-order valence-corrected chi connectivity index (χ4v) is 1.53. The summed E-state index contributed by atoms with van der Waals surface area (Å²) in [6.45, 7) is 0.368. The number of carboxylic acid groups (broad SMARTS) is 1. The van der Waals surface area contributed by atoms with Gasteiger partial charge in [-0.1, -0.05) is 27.5 Å². The van der Waals surface area contributed by atoms with Gasteiger partial charge in [-0.2, -0.15) is 0 Å². The molecule has 0 saturated carbocycles. The van der Waals surface area contributed by atoms with E-state index in [1.807, 2.05) is 0 Å². The molecule has 5 heteroatoms. The molecule has 0 amide bonds. The van der Waals surface area contributed by atoms with Gasteiger partial charge in [-0.05, 0) is 35.9 Å².